The standard InChI is InChI=1S/C11H11F3N4O/c12-11(13,14)7-16-6-10-17-9(18-19-10)5-8-1-3-15-4-2-8/h1-4,16H,5-7H2. The van der Waals surface area contributed by atoms with Crippen molar-refractivity contribution < 1.29 is 17.7 Å². The second kappa shape index (κ2) is 5.79. The van der Waals surface area contributed by atoms with Crippen molar-refractivity contribution in [2.24, 2.45) is 0 Å². The van der Waals surface area contributed by atoms with E-state index in [1.54, 1.807) is 24.5 Å². The zero-order valence-corrected chi connectivity index (χ0v) is 9.81. The molecule has 0 spiro atoms. The van der Waals surface area contributed by atoms with E-state index in [0.717, 1.165) is 5.56 Å². The van der Waals surface area contributed by atoms with Crippen molar-refractivity contribution in [1.82, 2.24) is 20.4 Å². The minimum atomic E-state index is -4.25. The molecule has 0 saturated heterocycles. The summed E-state index contributed by atoms with van der Waals surface area (Å²) in [4.78, 5) is 7.87. The van der Waals surface area contributed by atoms with E-state index in [1.165, 1.54) is 0 Å². The molecule has 0 radical (unpaired) electrons. The van der Waals surface area contributed by atoms with E-state index < -0.39 is 12.7 Å². The van der Waals surface area contributed by atoms with Crippen LogP contribution >= 0.6 is 0 Å². The molecule has 2 aromatic rings. The summed E-state index contributed by atoms with van der Waals surface area (Å²) in [6, 6.07) is 3.61. The molecule has 0 fully saturated rings. The number of halogens is 3. The molecule has 1 N–H and O–H groups in total. The predicted octanol–water partition coefficient (Wildman–Crippen LogP) is 1.71. The maximum absolute atomic E-state index is 11.9. The van der Waals surface area contributed by atoms with Crippen LogP contribution in [-0.4, -0.2) is 27.8 Å². The van der Waals surface area contributed by atoms with Crippen molar-refractivity contribution >= 4 is 0 Å². The Morgan fingerprint density at radius 3 is 2.63 bits per heavy atom. The Balaban J connectivity index is 1.86. The normalized spacial score (nSPS) is 11.7. The highest BCUT2D eigenvalue weighted by atomic mass is 19.4. The summed E-state index contributed by atoms with van der Waals surface area (Å²) in [6.45, 7) is -1.20. The fourth-order valence-corrected chi connectivity index (χ4v) is 1.43. The van der Waals surface area contributed by atoms with E-state index >= 15 is 0 Å². The Labute approximate surface area is 106 Å². The molecule has 0 amide bonds. The third-order valence-corrected chi connectivity index (χ3v) is 2.22. The number of nitrogens with zero attached hydrogens (tertiary/aromatic N) is 3. The van der Waals surface area contributed by atoms with Crippen LogP contribution in [0.5, 0.6) is 0 Å². The van der Waals surface area contributed by atoms with Gasteiger partial charge in [0.05, 0.1) is 13.1 Å². The van der Waals surface area contributed by atoms with Gasteiger partial charge in [0.25, 0.3) is 0 Å². The topological polar surface area (TPSA) is 63.8 Å². The lowest BCUT2D eigenvalue weighted by molar-refractivity contribution is -0.125. The van der Waals surface area contributed by atoms with Gasteiger partial charge in [-0.05, 0) is 17.7 Å². The maximum atomic E-state index is 11.9. The fourth-order valence-electron chi connectivity index (χ4n) is 1.43. The third-order valence-electron chi connectivity index (χ3n) is 2.22. The molecule has 102 valence electrons. The lowest BCUT2D eigenvalue weighted by Gasteiger charge is -2.05. The van der Waals surface area contributed by atoms with Gasteiger partial charge in [-0.1, -0.05) is 5.16 Å². The molecule has 0 unspecified atom stereocenters. The number of hydrogen-bond acceptors (Lipinski definition) is 5. The molecule has 5 nitrogen and oxygen atoms in total. The number of alkyl halides is 3. The number of aromatic nitrogens is 3. The van der Waals surface area contributed by atoms with E-state index in [-0.39, 0.29) is 12.4 Å². The van der Waals surface area contributed by atoms with Crippen molar-refractivity contribution in [3.8, 4) is 0 Å². The first-order chi connectivity index (χ1) is 9.03. The first kappa shape index (κ1) is 13.5. The lowest BCUT2D eigenvalue weighted by Crippen LogP contribution is -2.28. The van der Waals surface area contributed by atoms with E-state index in [2.05, 4.69) is 20.4 Å². The van der Waals surface area contributed by atoms with Gasteiger partial charge >= 0.3 is 6.18 Å². The van der Waals surface area contributed by atoms with Gasteiger partial charge in [0.15, 0.2) is 5.82 Å². The molecule has 2 aromatic heterocycles. The van der Waals surface area contributed by atoms with Crippen molar-refractivity contribution in [2.45, 2.75) is 19.1 Å². The van der Waals surface area contributed by atoms with Crippen LogP contribution in [0, 0.1) is 0 Å². The van der Waals surface area contributed by atoms with Crippen LogP contribution in [0.4, 0.5) is 13.2 Å². The number of nitrogens with one attached hydrogen (secondary N) is 1. The van der Waals surface area contributed by atoms with Crippen LogP contribution in [0.25, 0.3) is 0 Å². The molecule has 0 atom stereocenters. The summed E-state index contributed by atoms with van der Waals surface area (Å²) < 4.78 is 40.6. The van der Waals surface area contributed by atoms with E-state index in [9.17, 15) is 13.2 Å². The van der Waals surface area contributed by atoms with E-state index in [0.29, 0.717) is 12.2 Å². The molecule has 8 heteroatoms. The summed E-state index contributed by atoms with van der Waals surface area (Å²) >= 11 is 0. The van der Waals surface area contributed by atoms with E-state index in [4.69, 9.17) is 4.52 Å². The van der Waals surface area contributed by atoms with Gasteiger partial charge in [0.1, 0.15) is 0 Å². The van der Waals surface area contributed by atoms with Crippen molar-refractivity contribution in [2.75, 3.05) is 6.54 Å². The van der Waals surface area contributed by atoms with Gasteiger partial charge in [-0.2, -0.15) is 18.2 Å². The van der Waals surface area contributed by atoms with Gasteiger partial charge < -0.3 is 9.84 Å². The summed E-state index contributed by atoms with van der Waals surface area (Å²) in [5.41, 5.74) is 0.950. The minimum absolute atomic E-state index is 0.108. The number of hydrogen-bond donors (Lipinski definition) is 1. The Morgan fingerprint density at radius 1 is 1.21 bits per heavy atom. The van der Waals surface area contributed by atoms with Crippen LogP contribution in [0.15, 0.2) is 29.0 Å². The first-order valence-corrected chi connectivity index (χ1v) is 5.51. The summed E-state index contributed by atoms with van der Waals surface area (Å²) in [6.07, 6.45) is -0.520. The van der Waals surface area contributed by atoms with Crippen LogP contribution in [-0.2, 0) is 13.0 Å². The molecule has 2 heterocycles. The Hall–Kier alpha value is -1.96. The SMILES string of the molecule is FC(F)(F)CNCc1nc(Cc2ccncc2)no1. The van der Waals surface area contributed by atoms with Crippen molar-refractivity contribution in [3.63, 3.8) is 0 Å². The van der Waals surface area contributed by atoms with E-state index in [1.807, 2.05) is 0 Å². The number of rotatable bonds is 5. The Morgan fingerprint density at radius 2 is 1.95 bits per heavy atom. The summed E-state index contributed by atoms with van der Waals surface area (Å²) in [7, 11) is 0. The molecule has 0 aliphatic rings. The predicted molar refractivity (Wildman–Crippen MR) is 59.1 cm³/mol. The van der Waals surface area contributed by atoms with Crippen molar-refractivity contribution in [3.05, 3.63) is 41.8 Å². The molecule has 2 rings (SSSR count). The molecule has 0 aliphatic carbocycles. The van der Waals surface area contributed by atoms with Gasteiger partial charge in [-0.3, -0.25) is 4.98 Å². The molecule has 19 heavy (non-hydrogen) atoms. The second-order valence-corrected chi connectivity index (χ2v) is 3.86. The zero-order valence-electron chi connectivity index (χ0n) is 9.81. The van der Waals surface area contributed by atoms with Crippen LogP contribution in [0.3, 0.4) is 0 Å². The highest BCUT2D eigenvalue weighted by Gasteiger charge is 2.26. The van der Waals surface area contributed by atoms with Gasteiger partial charge in [-0.25, -0.2) is 0 Å². The van der Waals surface area contributed by atoms with Gasteiger partial charge in [0.2, 0.25) is 5.89 Å². The van der Waals surface area contributed by atoms with Crippen LogP contribution < -0.4 is 5.32 Å². The van der Waals surface area contributed by atoms with Crippen LogP contribution in [0.1, 0.15) is 17.3 Å². The Bertz CT molecular complexity index is 512. The smallest absolute Gasteiger partial charge is 0.338 e. The first-order valence-electron chi connectivity index (χ1n) is 5.51. The molecular formula is C11H11F3N4O. The maximum Gasteiger partial charge on any atom is 0.401 e. The third kappa shape index (κ3) is 4.66. The quantitative estimate of drug-likeness (QED) is 0.897. The summed E-state index contributed by atoms with van der Waals surface area (Å²) in [5.74, 6) is 0.559. The van der Waals surface area contributed by atoms with Crippen molar-refractivity contribution in [1.29, 1.82) is 0 Å². The van der Waals surface area contributed by atoms with Gasteiger partial charge in [0, 0.05) is 18.8 Å². The zero-order chi connectivity index (χ0) is 13.7. The second-order valence-electron chi connectivity index (χ2n) is 3.86. The highest BCUT2D eigenvalue weighted by Crippen LogP contribution is 2.12. The molecule has 0 bridgehead atoms. The molecule has 0 aromatic carbocycles. The molecular weight excluding hydrogens is 261 g/mol. The molecule has 0 saturated carbocycles. The minimum Gasteiger partial charge on any atom is -0.338 e. The van der Waals surface area contributed by atoms with Gasteiger partial charge in [-0.15, -0.1) is 0 Å². The average Bonchev–Trinajstić information content (AvgIpc) is 2.76. The number of pyridine rings is 1. The lowest BCUT2D eigenvalue weighted by atomic mass is 10.2. The molecule has 0 aliphatic heterocycles. The monoisotopic (exact) mass is 272 g/mol. The fraction of sp³-hybridized carbons (Fsp3) is 0.364. The Kier molecular flexibility index (Phi) is 4.10. The van der Waals surface area contributed by atoms with Crippen LogP contribution in [0.2, 0.25) is 0 Å². The average molecular weight is 272 g/mol. The largest absolute Gasteiger partial charge is 0.401 e. The highest BCUT2D eigenvalue weighted by molar-refractivity contribution is 5.14. The summed E-state index contributed by atoms with van der Waals surface area (Å²) in [5, 5.41) is 5.89.